The molecule has 5 heteroatoms. The van der Waals surface area contributed by atoms with Gasteiger partial charge in [0, 0.05) is 32.2 Å². The minimum atomic E-state index is -0.221. The van der Waals surface area contributed by atoms with Crippen molar-refractivity contribution >= 4 is 5.69 Å². The molecule has 1 fully saturated rings. The molecule has 0 saturated carbocycles. The average Bonchev–Trinajstić information content (AvgIpc) is 2.45. The Morgan fingerprint density at radius 3 is 2.63 bits per heavy atom. The van der Waals surface area contributed by atoms with Crippen molar-refractivity contribution in [3.63, 3.8) is 0 Å². The van der Waals surface area contributed by atoms with Crippen LogP contribution >= 0.6 is 0 Å². The van der Waals surface area contributed by atoms with E-state index >= 15 is 0 Å². The molecule has 0 aliphatic carbocycles. The first-order valence-corrected chi connectivity index (χ1v) is 6.75. The summed E-state index contributed by atoms with van der Waals surface area (Å²) in [4.78, 5) is 4.58. The molecular weight excluding hydrogens is 245 g/mol. The first-order chi connectivity index (χ1) is 9.24. The molecule has 1 aliphatic heterocycles. The van der Waals surface area contributed by atoms with Crippen molar-refractivity contribution in [3.8, 4) is 5.75 Å². The number of piperazine rings is 1. The van der Waals surface area contributed by atoms with Crippen molar-refractivity contribution in [3.05, 3.63) is 24.0 Å². The third-order valence-electron chi connectivity index (χ3n) is 3.53. The molecule has 1 aromatic rings. The molecule has 1 saturated heterocycles. The summed E-state index contributed by atoms with van der Waals surface area (Å²) >= 11 is 0. The smallest absolute Gasteiger partial charge is 0.142 e. The van der Waals surface area contributed by atoms with Crippen molar-refractivity contribution in [2.45, 2.75) is 6.42 Å². The Morgan fingerprint density at radius 1 is 1.26 bits per heavy atom. The Balaban J connectivity index is 1.99. The lowest BCUT2D eigenvalue weighted by Gasteiger charge is -2.36. The molecule has 106 valence electrons. The highest BCUT2D eigenvalue weighted by Crippen LogP contribution is 2.29. The number of ether oxygens (including phenoxy) is 1. The summed E-state index contributed by atoms with van der Waals surface area (Å²) in [5.41, 5.74) is 6.37. The van der Waals surface area contributed by atoms with Crippen LogP contribution in [0.25, 0.3) is 0 Å². The second-order valence-corrected chi connectivity index (χ2v) is 4.79. The summed E-state index contributed by atoms with van der Waals surface area (Å²) in [6.45, 7) is 5.54. The maximum atomic E-state index is 13.4. The minimum Gasteiger partial charge on any atom is -0.495 e. The molecule has 1 heterocycles. The number of hydrogen-bond acceptors (Lipinski definition) is 4. The molecule has 19 heavy (non-hydrogen) atoms. The van der Waals surface area contributed by atoms with E-state index in [0.29, 0.717) is 0 Å². The van der Waals surface area contributed by atoms with E-state index in [-0.39, 0.29) is 5.82 Å². The van der Waals surface area contributed by atoms with Crippen LogP contribution < -0.4 is 15.4 Å². The number of nitrogens with zero attached hydrogens (tertiary/aromatic N) is 2. The molecule has 0 unspecified atom stereocenters. The lowest BCUT2D eigenvalue weighted by Crippen LogP contribution is -2.47. The van der Waals surface area contributed by atoms with Crippen LogP contribution in [-0.2, 0) is 0 Å². The topological polar surface area (TPSA) is 41.7 Å². The molecule has 2 rings (SSSR count). The maximum Gasteiger partial charge on any atom is 0.142 e. The lowest BCUT2D eigenvalue weighted by molar-refractivity contribution is 0.255. The normalized spacial score (nSPS) is 16.7. The fraction of sp³-hybridized carbons (Fsp3) is 0.571. The van der Waals surface area contributed by atoms with Crippen molar-refractivity contribution in [2.75, 3.05) is 51.3 Å². The van der Waals surface area contributed by atoms with E-state index in [9.17, 15) is 4.39 Å². The summed E-state index contributed by atoms with van der Waals surface area (Å²) in [6, 6.07) is 4.67. The summed E-state index contributed by atoms with van der Waals surface area (Å²) in [5, 5.41) is 0. The molecule has 1 aliphatic rings. The summed E-state index contributed by atoms with van der Waals surface area (Å²) in [5.74, 6) is 0.512. The van der Waals surface area contributed by atoms with Gasteiger partial charge in [-0.15, -0.1) is 0 Å². The van der Waals surface area contributed by atoms with Gasteiger partial charge in [-0.1, -0.05) is 0 Å². The number of nitrogens with two attached hydrogens (primary N) is 1. The highest BCUT2D eigenvalue weighted by molar-refractivity contribution is 5.59. The third-order valence-corrected chi connectivity index (χ3v) is 3.53. The molecule has 2 N–H and O–H groups in total. The van der Waals surface area contributed by atoms with Crippen LogP contribution in [0.2, 0.25) is 0 Å². The van der Waals surface area contributed by atoms with Crippen LogP contribution in [0.4, 0.5) is 10.1 Å². The fourth-order valence-electron chi connectivity index (χ4n) is 2.44. The lowest BCUT2D eigenvalue weighted by atomic mass is 10.2. The molecule has 0 atom stereocenters. The van der Waals surface area contributed by atoms with Gasteiger partial charge in [0.1, 0.15) is 11.6 Å². The second-order valence-electron chi connectivity index (χ2n) is 4.79. The van der Waals surface area contributed by atoms with Gasteiger partial charge in [0.2, 0.25) is 0 Å². The number of benzene rings is 1. The first-order valence-electron chi connectivity index (χ1n) is 6.75. The van der Waals surface area contributed by atoms with Gasteiger partial charge in [-0.3, -0.25) is 4.90 Å². The van der Waals surface area contributed by atoms with Crippen LogP contribution in [-0.4, -0.2) is 51.3 Å². The molecule has 0 aromatic heterocycles. The maximum absolute atomic E-state index is 13.4. The third kappa shape index (κ3) is 3.58. The standard InChI is InChI=1S/C14H22FN3O/c1-19-14-4-3-12(15)11-13(14)18-9-7-17(8-10-18)6-2-5-16/h3-4,11H,2,5-10,16H2,1H3. The van der Waals surface area contributed by atoms with Gasteiger partial charge in [0.05, 0.1) is 12.8 Å². The SMILES string of the molecule is COc1ccc(F)cc1N1CCN(CCCN)CC1. The first kappa shape index (κ1) is 14.1. The zero-order chi connectivity index (χ0) is 13.7. The van der Waals surface area contributed by atoms with Crippen molar-refractivity contribution < 1.29 is 9.13 Å². The second kappa shape index (κ2) is 6.73. The summed E-state index contributed by atoms with van der Waals surface area (Å²) in [6.07, 6.45) is 1.03. The fourth-order valence-corrected chi connectivity index (χ4v) is 2.44. The van der Waals surface area contributed by atoms with Gasteiger partial charge < -0.3 is 15.4 Å². The molecule has 0 radical (unpaired) electrons. The Hall–Kier alpha value is -1.33. The monoisotopic (exact) mass is 267 g/mol. The van der Waals surface area contributed by atoms with E-state index < -0.39 is 0 Å². The molecule has 0 amide bonds. The molecular formula is C14H22FN3O. The van der Waals surface area contributed by atoms with Gasteiger partial charge >= 0.3 is 0 Å². The van der Waals surface area contributed by atoms with E-state index in [1.54, 1.807) is 19.2 Å². The summed E-state index contributed by atoms with van der Waals surface area (Å²) in [7, 11) is 1.62. The zero-order valence-electron chi connectivity index (χ0n) is 11.4. The molecule has 0 spiro atoms. The van der Waals surface area contributed by atoms with Crippen LogP contribution in [0.5, 0.6) is 5.75 Å². The summed E-state index contributed by atoms with van der Waals surface area (Å²) < 4.78 is 18.7. The number of rotatable bonds is 5. The van der Waals surface area contributed by atoms with Gasteiger partial charge in [-0.2, -0.15) is 0 Å². The number of hydrogen-bond donors (Lipinski definition) is 1. The van der Waals surface area contributed by atoms with Crippen molar-refractivity contribution in [1.29, 1.82) is 0 Å². The van der Waals surface area contributed by atoms with Gasteiger partial charge in [0.15, 0.2) is 0 Å². The predicted molar refractivity (Wildman–Crippen MR) is 75.3 cm³/mol. The quantitative estimate of drug-likeness (QED) is 0.873. The van der Waals surface area contributed by atoms with E-state index in [2.05, 4.69) is 9.80 Å². The number of anilines is 1. The minimum absolute atomic E-state index is 0.221. The van der Waals surface area contributed by atoms with Gasteiger partial charge in [0.25, 0.3) is 0 Å². The Kier molecular flexibility index (Phi) is 4.99. The highest BCUT2D eigenvalue weighted by Gasteiger charge is 2.19. The Labute approximate surface area is 113 Å². The van der Waals surface area contributed by atoms with E-state index in [4.69, 9.17) is 10.5 Å². The number of methoxy groups -OCH3 is 1. The Bertz CT molecular complexity index is 406. The van der Waals surface area contributed by atoms with Crippen LogP contribution in [0.3, 0.4) is 0 Å². The molecule has 1 aromatic carbocycles. The van der Waals surface area contributed by atoms with E-state index in [1.807, 2.05) is 0 Å². The zero-order valence-corrected chi connectivity index (χ0v) is 11.4. The predicted octanol–water partition coefficient (Wildman–Crippen LogP) is 1.31. The van der Waals surface area contributed by atoms with E-state index in [0.717, 1.165) is 57.1 Å². The average molecular weight is 267 g/mol. The number of halogens is 1. The van der Waals surface area contributed by atoms with Gasteiger partial charge in [-0.05, 0) is 31.6 Å². The van der Waals surface area contributed by atoms with Crippen molar-refractivity contribution in [1.82, 2.24) is 4.90 Å². The van der Waals surface area contributed by atoms with Crippen molar-refractivity contribution in [2.24, 2.45) is 5.73 Å². The Morgan fingerprint density at radius 2 is 2.00 bits per heavy atom. The molecule has 0 bridgehead atoms. The van der Waals surface area contributed by atoms with E-state index in [1.165, 1.54) is 6.07 Å². The highest BCUT2D eigenvalue weighted by atomic mass is 19.1. The van der Waals surface area contributed by atoms with Crippen LogP contribution in [0, 0.1) is 5.82 Å². The molecule has 4 nitrogen and oxygen atoms in total. The largest absolute Gasteiger partial charge is 0.495 e. The van der Waals surface area contributed by atoms with Crippen LogP contribution in [0.15, 0.2) is 18.2 Å². The van der Waals surface area contributed by atoms with Crippen LogP contribution in [0.1, 0.15) is 6.42 Å². The van der Waals surface area contributed by atoms with Gasteiger partial charge in [-0.25, -0.2) is 4.39 Å².